The van der Waals surface area contributed by atoms with Gasteiger partial charge < -0.3 is 10.1 Å². The molecule has 2 heterocycles. The van der Waals surface area contributed by atoms with Gasteiger partial charge in [-0.15, -0.1) is 0 Å². The summed E-state index contributed by atoms with van der Waals surface area (Å²) in [5, 5.41) is 3.34. The molecule has 21 heavy (non-hydrogen) atoms. The van der Waals surface area contributed by atoms with Gasteiger partial charge in [0, 0.05) is 25.2 Å². The van der Waals surface area contributed by atoms with E-state index in [1.807, 2.05) is 0 Å². The standard InChI is InChI=1S/C14H27N3O3S/c18-21(19,8-2-6-15-12-4-5-12)16-9-14-10-17-7-1-3-13(17)11-20-14/h12-16H,1-11H2. The van der Waals surface area contributed by atoms with Crippen LogP contribution < -0.4 is 10.0 Å². The van der Waals surface area contributed by atoms with Crippen molar-refractivity contribution >= 4 is 10.0 Å². The van der Waals surface area contributed by atoms with E-state index >= 15 is 0 Å². The van der Waals surface area contributed by atoms with Crippen LogP contribution in [0.5, 0.6) is 0 Å². The first kappa shape index (κ1) is 15.7. The van der Waals surface area contributed by atoms with E-state index in [9.17, 15) is 8.42 Å². The fourth-order valence-corrected chi connectivity index (χ4v) is 4.27. The molecule has 0 radical (unpaired) electrons. The van der Waals surface area contributed by atoms with Crippen molar-refractivity contribution in [3.05, 3.63) is 0 Å². The van der Waals surface area contributed by atoms with Crippen molar-refractivity contribution in [2.45, 2.75) is 50.3 Å². The van der Waals surface area contributed by atoms with Crippen molar-refractivity contribution < 1.29 is 13.2 Å². The summed E-state index contributed by atoms with van der Waals surface area (Å²) in [5.74, 6) is 0.200. The Hall–Kier alpha value is -0.210. The van der Waals surface area contributed by atoms with E-state index in [2.05, 4.69) is 14.9 Å². The van der Waals surface area contributed by atoms with E-state index in [0.717, 1.165) is 26.2 Å². The third-order valence-corrected chi connectivity index (χ3v) is 6.03. The van der Waals surface area contributed by atoms with Gasteiger partial charge in [0.15, 0.2) is 0 Å². The number of nitrogens with one attached hydrogen (secondary N) is 2. The number of hydrogen-bond donors (Lipinski definition) is 2. The molecule has 0 bridgehead atoms. The summed E-state index contributed by atoms with van der Waals surface area (Å²) in [6.45, 7) is 3.93. The maximum Gasteiger partial charge on any atom is 0.211 e. The van der Waals surface area contributed by atoms with Crippen LogP contribution in [0.2, 0.25) is 0 Å². The van der Waals surface area contributed by atoms with E-state index in [0.29, 0.717) is 25.0 Å². The van der Waals surface area contributed by atoms with Crippen molar-refractivity contribution in [2.24, 2.45) is 0 Å². The lowest BCUT2D eigenvalue weighted by molar-refractivity contribution is -0.0448. The molecule has 0 aromatic heterocycles. The molecule has 2 aliphatic heterocycles. The maximum absolute atomic E-state index is 12.0. The topological polar surface area (TPSA) is 70.7 Å². The predicted octanol–water partition coefficient (Wildman–Crippen LogP) is -0.0889. The lowest BCUT2D eigenvalue weighted by atomic mass is 10.2. The molecule has 0 aromatic carbocycles. The van der Waals surface area contributed by atoms with Crippen LogP contribution >= 0.6 is 0 Å². The molecule has 1 aliphatic carbocycles. The largest absolute Gasteiger partial charge is 0.374 e. The quantitative estimate of drug-likeness (QED) is 0.612. The number of ether oxygens (including phenoxy) is 1. The lowest BCUT2D eigenvalue weighted by Crippen LogP contribution is -2.50. The molecule has 2 N–H and O–H groups in total. The van der Waals surface area contributed by atoms with Gasteiger partial charge in [-0.2, -0.15) is 0 Å². The summed E-state index contributed by atoms with van der Waals surface area (Å²) in [7, 11) is -3.17. The molecule has 0 amide bonds. The normalized spacial score (nSPS) is 30.5. The average molecular weight is 317 g/mol. The van der Waals surface area contributed by atoms with Gasteiger partial charge in [0.2, 0.25) is 10.0 Å². The van der Waals surface area contributed by atoms with Crippen LogP contribution in [0.1, 0.15) is 32.1 Å². The molecule has 122 valence electrons. The minimum atomic E-state index is -3.17. The zero-order valence-electron chi connectivity index (χ0n) is 12.6. The summed E-state index contributed by atoms with van der Waals surface area (Å²) in [6.07, 6.45) is 5.60. The van der Waals surface area contributed by atoms with Gasteiger partial charge in [0.05, 0.1) is 18.5 Å². The highest BCUT2D eigenvalue weighted by atomic mass is 32.2. The molecule has 1 saturated carbocycles. The molecule has 2 atom stereocenters. The van der Waals surface area contributed by atoms with E-state index in [4.69, 9.17) is 4.74 Å². The van der Waals surface area contributed by atoms with Crippen molar-refractivity contribution in [3.8, 4) is 0 Å². The number of fused-ring (bicyclic) bond motifs is 1. The molecule has 0 spiro atoms. The monoisotopic (exact) mass is 317 g/mol. The molecule has 2 unspecified atom stereocenters. The Balaban J connectivity index is 1.33. The minimum absolute atomic E-state index is 0.00119. The fraction of sp³-hybridized carbons (Fsp3) is 1.00. The second-order valence-electron chi connectivity index (χ2n) is 6.50. The molecule has 7 heteroatoms. The van der Waals surface area contributed by atoms with Gasteiger partial charge in [-0.05, 0) is 45.2 Å². The Morgan fingerprint density at radius 1 is 1.24 bits per heavy atom. The average Bonchev–Trinajstić information content (AvgIpc) is 3.17. The molecule has 6 nitrogen and oxygen atoms in total. The highest BCUT2D eigenvalue weighted by Gasteiger charge is 2.32. The Bertz CT molecular complexity index is 439. The first-order chi connectivity index (χ1) is 10.1. The second-order valence-corrected chi connectivity index (χ2v) is 8.42. The van der Waals surface area contributed by atoms with Crippen LogP contribution in [0.3, 0.4) is 0 Å². The molecular formula is C14H27N3O3S. The first-order valence-electron chi connectivity index (χ1n) is 8.19. The summed E-state index contributed by atoms with van der Waals surface area (Å²) < 4.78 is 32.4. The Morgan fingerprint density at radius 3 is 2.90 bits per heavy atom. The molecule has 3 aliphatic rings. The summed E-state index contributed by atoms with van der Waals surface area (Å²) in [6, 6.07) is 1.20. The number of sulfonamides is 1. The van der Waals surface area contributed by atoms with Crippen LogP contribution in [-0.4, -0.2) is 70.0 Å². The zero-order valence-corrected chi connectivity index (χ0v) is 13.4. The smallest absolute Gasteiger partial charge is 0.211 e. The van der Waals surface area contributed by atoms with E-state index in [-0.39, 0.29) is 11.9 Å². The molecule has 3 fully saturated rings. The Kier molecular flexibility index (Phi) is 5.16. The molecule has 3 rings (SSSR count). The van der Waals surface area contributed by atoms with Crippen LogP contribution in [0.4, 0.5) is 0 Å². The van der Waals surface area contributed by atoms with Gasteiger partial charge in [-0.25, -0.2) is 13.1 Å². The summed E-state index contributed by atoms with van der Waals surface area (Å²) in [5.41, 5.74) is 0. The first-order valence-corrected chi connectivity index (χ1v) is 9.84. The summed E-state index contributed by atoms with van der Waals surface area (Å²) in [4.78, 5) is 2.43. The number of morpholine rings is 1. The number of hydrogen-bond acceptors (Lipinski definition) is 5. The van der Waals surface area contributed by atoms with Gasteiger partial charge in [-0.1, -0.05) is 0 Å². The fourth-order valence-electron chi connectivity index (χ4n) is 3.16. The van der Waals surface area contributed by atoms with E-state index < -0.39 is 10.0 Å². The van der Waals surface area contributed by atoms with E-state index in [1.54, 1.807) is 0 Å². The van der Waals surface area contributed by atoms with Crippen LogP contribution in [0.15, 0.2) is 0 Å². The van der Waals surface area contributed by atoms with Crippen LogP contribution in [0.25, 0.3) is 0 Å². The molecular weight excluding hydrogens is 290 g/mol. The van der Waals surface area contributed by atoms with Crippen molar-refractivity contribution in [3.63, 3.8) is 0 Å². The number of rotatable bonds is 8. The SMILES string of the molecule is O=S(=O)(CCCNC1CC1)NCC1CN2CCCC2CO1. The third kappa shape index (κ3) is 4.89. The van der Waals surface area contributed by atoms with Crippen molar-refractivity contribution in [2.75, 3.05) is 38.5 Å². The molecule has 0 aromatic rings. The highest BCUT2D eigenvalue weighted by Crippen LogP contribution is 2.22. The highest BCUT2D eigenvalue weighted by molar-refractivity contribution is 7.89. The Labute approximate surface area is 127 Å². The Morgan fingerprint density at radius 2 is 2.10 bits per heavy atom. The van der Waals surface area contributed by atoms with Gasteiger partial charge in [-0.3, -0.25) is 4.90 Å². The number of nitrogens with zero attached hydrogens (tertiary/aromatic N) is 1. The molecule has 2 saturated heterocycles. The van der Waals surface area contributed by atoms with Crippen molar-refractivity contribution in [1.29, 1.82) is 0 Å². The van der Waals surface area contributed by atoms with Crippen LogP contribution in [-0.2, 0) is 14.8 Å². The maximum atomic E-state index is 12.0. The third-order valence-electron chi connectivity index (χ3n) is 4.59. The van der Waals surface area contributed by atoms with Gasteiger partial charge >= 0.3 is 0 Å². The zero-order chi connectivity index (χ0) is 14.7. The second kappa shape index (κ2) is 6.91. The van der Waals surface area contributed by atoms with Gasteiger partial charge in [0.1, 0.15) is 0 Å². The summed E-state index contributed by atoms with van der Waals surface area (Å²) >= 11 is 0. The predicted molar refractivity (Wildman–Crippen MR) is 81.8 cm³/mol. The lowest BCUT2D eigenvalue weighted by Gasteiger charge is -2.35. The van der Waals surface area contributed by atoms with Crippen molar-refractivity contribution in [1.82, 2.24) is 14.9 Å². The van der Waals surface area contributed by atoms with Gasteiger partial charge in [0.25, 0.3) is 0 Å². The van der Waals surface area contributed by atoms with E-state index in [1.165, 1.54) is 25.7 Å². The minimum Gasteiger partial charge on any atom is -0.374 e. The van der Waals surface area contributed by atoms with Crippen LogP contribution in [0, 0.1) is 0 Å².